The number of nitro groups is 1. The standard InChI is InChI=1S/C16H13F3N6O3/c1-28-14(16(17,18)19)9-2-3-12(22-6-9)24-8-10(7-23-24)11-4-5-21-15(20)13(11)25(26)27/h2-8,14H,1H3,(H2,20,21). The van der Waals surface area contributed by atoms with Gasteiger partial charge in [0.15, 0.2) is 11.9 Å². The number of nitrogens with two attached hydrogens (primary N) is 1. The Morgan fingerprint density at radius 1 is 1.25 bits per heavy atom. The third kappa shape index (κ3) is 3.62. The molecule has 0 aliphatic heterocycles. The van der Waals surface area contributed by atoms with E-state index in [9.17, 15) is 23.3 Å². The second-order valence-electron chi connectivity index (χ2n) is 5.63. The van der Waals surface area contributed by atoms with E-state index in [-0.39, 0.29) is 28.5 Å². The molecule has 2 N–H and O–H groups in total. The average Bonchev–Trinajstić information content (AvgIpc) is 3.11. The quantitative estimate of drug-likeness (QED) is 0.521. The van der Waals surface area contributed by atoms with Crippen molar-refractivity contribution in [2.75, 3.05) is 12.8 Å². The van der Waals surface area contributed by atoms with Crippen LogP contribution in [-0.2, 0) is 4.74 Å². The highest BCUT2D eigenvalue weighted by molar-refractivity contribution is 5.78. The van der Waals surface area contributed by atoms with Crippen LogP contribution in [0.5, 0.6) is 0 Å². The Balaban J connectivity index is 1.94. The van der Waals surface area contributed by atoms with Gasteiger partial charge in [0.1, 0.15) is 0 Å². The summed E-state index contributed by atoms with van der Waals surface area (Å²) >= 11 is 0. The van der Waals surface area contributed by atoms with E-state index in [2.05, 4.69) is 19.8 Å². The van der Waals surface area contributed by atoms with Crippen LogP contribution in [0.4, 0.5) is 24.7 Å². The molecule has 0 spiro atoms. The van der Waals surface area contributed by atoms with Crippen molar-refractivity contribution in [3.63, 3.8) is 0 Å². The molecule has 3 aromatic heterocycles. The van der Waals surface area contributed by atoms with Crippen molar-refractivity contribution in [2.45, 2.75) is 12.3 Å². The number of nitrogen functional groups attached to an aromatic ring is 1. The van der Waals surface area contributed by atoms with E-state index in [1.807, 2.05) is 0 Å². The number of nitrogens with zero attached hydrogens (tertiary/aromatic N) is 5. The maximum Gasteiger partial charge on any atom is 0.418 e. The maximum atomic E-state index is 12.9. The molecule has 0 saturated heterocycles. The fourth-order valence-corrected chi connectivity index (χ4v) is 2.63. The SMILES string of the molecule is COC(c1ccc(-n2cc(-c3ccnc(N)c3[N+](=O)[O-])cn2)nc1)C(F)(F)F. The molecular formula is C16H13F3N6O3. The van der Waals surface area contributed by atoms with Crippen molar-refractivity contribution in [3.8, 4) is 16.9 Å². The minimum Gasteiger partial charge on any atom is -0.378 e. The molecular weight excluding hydrogens is 381 g/mol. The molecule has 0 fully saturated rings. The molecule has 0 aliphatic carbocycles. The smallest absolute Gasteiger partial charge is 0.378 e. The van der Waals surface area contributed by atoms with Crippen molar-refractivity contribution in [1.82, 2.24) is 19.7 Å². The Morgan fingerprint density at radius 2 is 2.00 bits per heavy atom. The average molecular weight is 394 g/mol. The fourth-order valence-electron chi connectivity index (χ4n) is 2.63. The zero-order chi connectivity index (χ0) is 20.5. The second-order valence-corrected chi connectivity index (χ2v) is 5.63. The summed E-state index contributed by atoms with van der Waals surface area (Å²) in [4.78, 5) is 18.3. The van der Waals surface area contributed by atoms with Crippen molar-refractivity contribution in [3.05, 3.63) is 58.7 Å². The lowest BCUT2D eigenvalue weighted by Gasteiger charge is -2.18. The number of hydrogen-bond acceptors (Lipinski definition) is 7. The molecule has 0 bridgehead atoms. The van der Waals surface area contributed by atoms with E-state index >= 15 is 0 Å². The van der Waals surface area contributed by atoms with Crippen molar-refractivity contribution < 1.29 is 22.8 Å². The van der Waals surface area contributed by atoms with Crippen LogP contribution in [0.15, 0.2) is 43.0 Å². The number of methoxy groups -OCH3 is 1. The minimum atomic E-state index is -4.57. The Labute approximate surface area is 155 Å². The predicted octanol–water partition coefficient (Wildman–Crippen LogP) is 3.07. The summed E-state index contributed by atoms with van der Waals surface area (Å²) in [7, 11) is 0.958. The first-order valence-electron chi connectivity index (χ1n) is 7.72. The van der Waals surface area contributed by atoms with Crippen LogP contribution in [0.25, 0.3) is 16.9 Å². The van der Waals surface area contributed by atoms with Gasteiger partial charge in [0.2, 0.25) is 5.82 Å². The summed E-state index contributed by atoms with van der Waals surface area (Å²) in [6.45, 7) is 0. The summed E-state index contributed by atoms with van der Waals surface area (Å²) < 4.78 is 44.5. The Bertz CT molecular complexity index is 1000. The van der Waals surface area contributed by atoms with Crippen LogP contribution in [0, 0.1) is 10.1 Å². The van der Waals surface area contributed by atoms with Crippen LogP contribution >= 0.6 is 0 Å². The zero-order valence-electron chi connectivity index (χ0n) is 14.3. The summed E-state index contributed by atoms with van der Waals surface area (Å²) in [6.07, 6.45) is -1.51. The van der Waals surface area contributed by atoms with Crippen LogP contribution in [0.3, 0.4) is 0 Å². The Kier molecular flexibility index (Phi) is 4.96. The molecule has 0 amide bonds. The van der Waals surface area contributed by atoms with Crippen LogP contribution in [0.1, 0.15) is 11.7 Å². The van der Waals surface area contributed by atoms with E-state index in [0.717, 1.165) is 13.3 Å². The summed E-state index contributed by atoms with van der Waals surface area (Å²) in [6, 6.07) is 3.97. The first-order chi connectivity index (χ1) is 13.2. The minimum absolute atomic E-state index is 0.163. The Hall–Kier alpha value is -3.54. The van der Waals surface area contributed by atoms with Crippen LogP contribution in [0.2, 0.25) is 0 Å². The molecule has 146 valence electrons. The van der Waals surface area contributed by atoms with E-state index in [1.54, 1.807) is 0 Å². The van der Waals surface area contributed by atoms with Gasteiger partial charge in [-0.25, -0.2) is 14.6 Å². The number of anilines is 1. The molecule has 28 heavy (non-hydrogen) atoms. The number of aromatic nitrogens is 4. The van der Waals surface area contributed by atoms with Crippen LogP contribution < -0.4 is 5.73 Å². The molecule has 12 heteroatoms. The number of alkyl halides is 3. The maximum absolute atomic E-state index is 12.9. The highest BCUT2D eigenvalue weighted by atomic mass is 19.4. The lowest BCUT2D eigenvalue weighted by Crippen LogP contribution is -2.22. The van der Waals surface area contributed by atoms with Crippen molar-refractivity contribution >= 4 is 11.5 Å². The van der Waals surface area contributed by atoms with E-state index in [1.165, 1.54) is 41.5 Å². The van der Waals surface area contributed by atoms with Gasteiger partial charge in [0, 0.05) is 36.8 Å². The highest BCUT2D eigenvalue weighted by Gasteiger charge is 2.41. The topological polar surface area (TPSA) is 122 Å². The van der Waals surface area contributed by atoms with E-state index in [4.69, 9.17) is 5.73 Å². The van der Waals surface area contributed by atoms with E-state index in [0.29, 0.717) is 5.56 Å². The van der Waals surface area contributed by atoms with Gasteiger partial charge in [0.25, 0.3) is 0 Å². The van der Waals surface area contributed by atoms with Gasteiger partial charge >= 0.3 is 11.9 Å². The highest BCUT2D eigenvalue weighted by Crippen LogP contribution is 2.35. The third-order valence-corrected chi connectivity index (χ3v) is 3.87. The van der Waals surface area contributed by atoms with Gasteiger partial charge < -0.3 is 10.5 Å². The molecule has 9 nitrogen and oxygen atoms in total. The molecule has 0 radical (unpaired) electrons. The number of rotatable bonds is 5. The summed E-state index contributed by atoms with van der Waals surface area (Å²) in [5.41, 5.74) is 5.63. The monoisotopic (exact) mass is 394 g/mol. The number of hydrogen-bond donors (Lipinski definition) is 1. The molecule has 1 atom stereocenters. The predicted molar refractivity (Wildman–Crippen MR) is 91.5 cm³/mol. The first kappa shape index (κ1) is 19.2. The number of ether oxygens (including phenoxy) is 1. The largest absolute Gasteiger partial charge is 0.418 e. The molecule has 1 unspecified atom stereocenters. The molecule has 0 saturated carbocycles. The van der Waals surface area contributed by atoms with Crippen LogP contribution in [-0.4, -0.2) is 38.0 Å². The third-order valence-electron chi connectivity index (χ3n) is 3.87. The molecule has 3 aromatic rings. The number of pyridine rings is 2. The molecule has 0 aromatic carbocycles. The lowest BCUT2D eigenvalue weighted by atomic mass is 10.1. The van der Waals surface area contributed by atoms with Gasteiger partial charge in [-0.1, -0.05) is 6.07 Å². The normalized spacial score (nSPS) is 12.7. The fraction of sp³-hybridized carbons (Fsp3) is 0.188. The zero-order valence-corrected chi connectivity index (χ0v) is 14.3. The second kappa shape index (κ2) is 7.23. The Morgan fingerprint density at radius 3 is 2.57 bits per heavy atom. The van der Waals surface area contributed by atoms with Crippen molar-refractivity contribution in [1.29, 1.82) is 0 Å². The molecule has 3 rings (SSSR count). The van der Waals surface area contributed by atoms with Gasteiger partial charge in [-0.3, -0.25) is 10.1 Å². The van der Waals surface area contributed by atoms with Gasteiger partial charge in [0.05, 0.1) is 16.7 Å². The van der Waals surface area contributed by atoms with Gasteiger partial charge in [-0.15, -0.1) is 0 Å². The molecule has 3 heterocycles. The summed E-state index contributed by atoms with van der Waals surface area (Å²) in [5, 5.41) is 15.3. The van der Waals surface area contributed by atoms with Gasteiger partial charge in [-0.05, 0) is 12.1 Å². The van der Waals surface area contributed by atoms with E-state index < -0.39 is 17.2 Å². The van der Waals surface area contributed by atoms with Gasteiger partial charge in [-0.2, -0.15) is 18.3 Å². The van der Waals surface area contributed by atoms with Crippen molar-refractivity contribution in [2.24, 2.45) is 0 Å². The summed E-state index contributed by atoms with van der Waals surface area (Å²) in [5.74, 6) is -0.0211. The number of halogens is 3. The lowest BCUT2D eigenvalue weighted by molar-refractivity contribution is -0.383. The first-order valence-corrected chi connectivity index (χ1v) is 7.72. The molecule has 0 aliphatic rings.